The molecule has 0 aliphatic carbocycles. The Morgan fingerprint density at radius 3 is 2.69 bits per heavy atom. The van der Waals surface area contributed by atoms with Gasteiger partial charge in [-0.3, -0.25) is 0 Å². The molecule has 0 saturated heterocycles. The van der Waals surface area contributed by atoms with Gasteiger partial charge in [0.1, 0.15) is 33.0 Å². The summed E-state index contributed by atoms with van der Waals surface area (Å²) in [6, 6.07) is 9.01. The first-order valence-corrected chi connectivity index (χ1v) is 15.1. The SMILES string of the molecule is CSCC[C@H](Nc1ccc2c(c1)-c1c(C)cc(OCCCS(C)(=O)=O)cc1CC(C)(C)O2)C(=O)O. The second kappa shape index (κ2) is 11.1. The standard InChI is InChI=1S/C26H35NO6S2/c1-17-13-20(32-10-6-12-35(5,30)31)14-18-16-26(2,3)33-23-8-7-19(15-21(23)24(17)18)27-22(25(28)29)9-11-34-4/h7-8,13-15,22,27H,6,9-12,16H2,1-5H3,(H,28,29)/t22-/m0/s1. The Kier molecular flexibility index (Phi) is 8.64. The Morgan fingerprint density at radius 2 is 2.03 bits per heavy atom. The van der Waals surface area contributed by atoms with Gasteiger partial charge in [0.2, 0.25) is 0 Å². The van der Waals surface area contributed by atoms with Gasteiger partial charge in [-0.25, -0.2) is 13.2 Å². The maximum Gasteiger partial charge on any atom is 0.326 e. The highest BCUT2D eigenvalue weighted by Gasteiger charge is 2.30. The van der Waals surface area contributed by atoms with Gasteiger partial charge in [0.25, 0.3) is 0 Å². The number of ether oxygens (including phenoxy) is 2. The number of rotatable bonds is 11. The van der Waals surface area contributed by atoms with Crippen LogP contribution in [0.4, 0.5) is 5.69 Å². The smallest absolute Gasteiger partial charge is 0.326 e. The van der Waals surface area contributed by atoms with Crippen molar-refractivity contribution in [1.29, 1.82) is 0 Å². The molecule has 0 aromatic heterocycles. The van der Waals surface area contributed by atoms with Gasteiger partial charge in [-0.1, -0.05) is 0 Å². The maximum atomic E-state index is 11.7. The van der Waals surface area contributed by atoms with Crippen molar-refractivity contribution in [2.75, 3.05) is 35.9 Å². The van der Waals surface area contributed by atoms with E-state index in [-0.39, 0.29) is 5.75 Å². The fourth-order valence-corrected chi connectivity index (χ4v) is 5.45. The molecule has 35 heavy (non-hydrogen) atoms. The van der Waals surface area contributed by atoms with E-state index in [0.29, 0.717) is 31.6 Å². The summed E-state index contributed by atoms with van der Waals surface area (Å²) in [6.45, 7) is 6.41. The van der Waals surface area contributed by atoms with E-state index in [0.717, 1.165) is 39.4 Å². The first kappa shape index (κ1) is 27.2. The lowest BCUT2D eigenvalue weighted by molar-refractivity contribution is -0.137. The topological polar surface area (TPSA) is 102 Å². The van der Waals surface area contributed by atoms with E-state index < -0.39 is 27.4 Å². The third kappa shape index (κ3) is 7.54. The summed E-state index contributed by atoms with van der Waals surface area (Å²) >= 11 is 1.62. The van der Waals surface area contributed by atoms with E-state index in [1.807, 2.05) is 57.4 Å². The van der Waals surface area contributed by atoms with Crippen molar-refractivity contribution in [1.82, 2.24) is 0 Å². The molecule has 0 amide bonds. The number of aryl methyl sites for hydroxylation is 1. The van der Waals surface area contributed by atoms with Crippen LogP contribution in [0, 0.1) is 6.92 Å². The van der Waals surface area contributed by atoms with E-state index in [1.165, 1.54) is 6.26 Å². The van der Waals surface area contributed by atoms with Crippen molar-refractivity contribution in [2.45, 2.75) is 51.7 Å². The summed E-state index contributed by atoms with van der Waals surface area (Å²) in [5, 5.41) is 12.8. The Morgan fingerprint density at radius 1 is 1.29 bits per heavy atom. The minimum Gasteiger partial charge on any atom is -0.494 e. The highest BCUT2D eigenvalue weighted by atomic mass is 32.2. The van der Waals surface area contributed by atoms with E-state index in [2.05, 4.69) is 5.32 Å². The number of hydrogen-bond donors (Lipinski definition) is 2. The van der Waals surface area contributed by atoms with E-state index in [9.17, 15) is 18.3 Å². The summed E-state index contributed by atoms with van der Waals surface area (Å²) in [7, 11) is -3.02. The fraction of sp³-hybridized carbons (Fsp3) is 0.500. The number of hydrogen-bond acceptors (Lipinski definition) is 7. The zero-order chi connectivity index (χ0) is 25.8. The number of benzene rings is 2. The van der Waals surface area contributed by atoms with Crippen LogP contribution in [-0.2, 0) is 21.1 Å². The highest BCUT2D eigenvalue weighted by molar-refractivity contribution is 7.98. The molecule has 7 nitrogen and oxygen atoms in total. The van der Waals surface area contributed by atoms with Crippen molar-refractivity contribution in [2.24, 2.45) is 0 Å². The summed E-state index contributed by atoms with van der Waals surface area (Å²) in [4.78, 5) is 11.7. The fourth-order valence-electron chi connectivity index (χ4n) is 4.33. The molecule has 2 aromatic rings. The van der Waals surface area contributed by atoms with Crippen molar-refractivity contribution >= 4 is 33.3 Å². The number of sulfone groups is 1. The second-order valence-corrected chi connectivity index (χ2v) is 12.9. The van der Waals surface area contributed by atoms with Crippen LogP contribution in [0.25, 0.3) is 11.1 Å². The molecule has 0 saturated carbocycles. The number of carboxylic acids is 1. The third-order valence-electron chi connectivity index (χ3n) is 5.82. The van der Waals surface area contributed by atoms with Gasteiger partial charge in [-0.15, -0.1) is 0 Å². The molecule has 9 heteroatoms. The average Bonchev–Trinajstić information content (AvgIpc) is 2.85. The van der Waals surface area contributed by atoms with Gasteiger partial charge in [-0.2, -0.15) is 11.8 Å². The molecule has 1 heterocycles. The minimum atomic E-state index is -3.02. The Bertz CT molecular complexity index is 1180. The molecule has 2 aromatic carbocycles. The lowest BCUT2D eigenvalue weighted by atomic mass is 9.89. The first-order valence-electron chi connectivity index (χ1n) is 11.6. The van der Waals surface area contributed by atoms with Crippen LogP contribution in [0.15, 0.2) is 30.3 Å². The summed E-state index contributed by atoms with van der Waals surface area (Å²) in [6.07, 6.45) is 4.80. The van der Waals surface area contributed by atoms with Gasteiger partial charge in [0.15, 0.2) is 0 Å². The van der Waals surface area contributed by atoms with Crippen molar-refractivity contribution < 1.29 is 27.8 Å². The quantitative estimate of drug-likeness (QED) is 0.406. The molecule has 0 fully saturated rings. The number of nitrogens with one attached hydrogen (secondary N) is 1. The number of fused-ring (bicyclic) bond motifs is 3. The molecule has 192 valence electrons. The van der Waals surface area contributed by atoms with Crippen LogP contribution < -0.4 is 14.8 Å². The number of anilines is 1. The zero-order valence-electron chi connectivity index (χ0n) is 21.0. The Labute approximate surface area is 212 Å². The molecule has 1 aliphatic heterocycles. The van der Waals surface area contributed by atoms with Gasteiger partial charge < -0.3 is 19.9 Å². The Balaban J connectivity index is 1.94. The lowest BCUT2D eigenvalue weighted by Gasteiger charge is -2.25. The molecule has 3 rings (SSSR count). The summed E-state index contributed by atoms with van der Waals surface area (Å²) in [5.74, 6) is 1.42. The molecule has 0 radical (unpaired) electrons. The van der Waals surface area contributed by atoms with Crippen LogP contribution in [0.3, 0.4) is 0 Å². The molecular weight excluding hydrogens is 486 g/mol. The molecule has 0 unspecified atom stereocenters. The van der Waals surface area contributed by atoms with Crippen LogP contribution in [-0.4, -0.2) is 61.8 Å². The van der Waals surface area contributed by atoms with Crippen LogP contribution >= 0.6 is 11.8 Å². The normalized spacial score (nSPS) is 15.2. The first-order chi connectivity index (χ1) is 16.4. The van der Waals surface area contributed by atoms with E-state index in [1.54, 1.807) is 11.8 Å². The zero-order valence-corrected chi connectivity index (χ0v) is 22.6. The van der Waals surface area contributed by atoms with E-state index in [4.69, 9.17) is 9.47 Å². The number of thioether (sulfide) groups is 1. The summed E-state index contributed by atoms with van der Waals surface area (Å²) < 4.78 is 35.1. The van der Waals surface area contributed by atoms with Gasteiger partial charge in [-0.05, 0) is 92.6 Å². The molecule has 1 atom stereocenters. The molecular formula is C26H35NO6S2. The molecule has 2 N–H and O–H groups in total. The predicted molar refractivity (Wildman–Crippen MR) is 143 cm³/mol. The summed E-state index contributed by atoms with van der Waals surface area (Å²) in [5.41, 5.74) is 4.31. The average molecular weight is 522 g/mol. The molecule has 1 aliphatic rings. The Hall–Kier alpha value is -2.39. The third-order valence-corrected chi connectivity index (χ3v) is 7.49. The van der Waals surface area contributed by atoms with Gasteiger partial charge in [0.05, 0.1) is 12.4 Å². The second-order valence-electron chi connectivity index (χ2n) is 9.67. The number of aliphatic carboxylic acids is 1. The highest BCUT2D eigenvalue weighted by Crippen LogP contribution is 2.44. The minimum absolute atomic E-state index is 0.0925. The van der Waals surface area contributed by atoms with Crippen molar-refractivity contribution in [3.8, 4) is 22.6 Å². The van der Waals surface area contributed by atoms with Crippen molar-refractivity contribution in [3.05, 3.63) is 41.5 Å². The predicted octanol–water partition coefficient (Wildman–Crippen LogP) is 4.81. The maximum absolute atomic E-state index is 11.7. The van der Waals surface area contributed by atoms with Crippen LogP contribution in [0.5, 0.6) is 11.5 Å². The number of carbonyl (C=O) groups is 1. The van der Waals surface area contributed by atoms with Crippen LogP contribution in [0.2, 0.25) is 0 Å². The van der Waals surface area contributed by atoms with Gasteiger partial charge >= 0.3 is 5.97 Å². The monoisotopic (exact) mass is 521 g/mol. The number of carboxylic acid groups (broad SMARTS) is 1. The largest absolute Gasteiger partial charge is 0.494 e. The van der Waals surface area contributed by atoms with Gasteiger partial charge in [0, 0.05) is 23.9 Å². The molecule has 0 bridgehead atoms. The van der Waals surface area contributed by atoms with E-state index >= 15 is 0 Å². The molecule has 0 spiro atoms. The van der Waals surface area contributed by atoms with Crippen LogP contribution in [0.1, 0.15) is 37.8 Å². The van der Waals surface area contributed by atoms with Crippen molar-refractivity contribution in [3.63, 3.8) is 0 Å². The lowest BCUT2D eigenvalue weighted by Crippen LogP contribution is -2.30.